The lowest BCUT2D eigenvalue weighted by atomic mass is 9.77. The molecule has 0 heterocycles. The highest BCUT2D eigenvalue weighted by atomic mass is 32.2. The zero-order valence-electron chi connectivity index (χ0n) is 39.8. The van der Waals surface area contributed by atoms with Crippen molar-refractivity contribution in [2.24, 2.45) is 0 Å². The molecule has 0 saturated heterocycles. The molecule has 3 N–H and O–H groups in total. The zero-order chi connectivity index (χ0) is 49.9. The van der Waals surface area contributed by atoms with Crippen molar-refractivity contribution in [2.75, 3.05) is 18.9 Å². The van der Waals surface area contributed by atoms with E-state index in [0.29, 0.717) is 0 Å². The van der Waals surface area contributed by atoms with Gasteiger partial charge in [0.15, 0.2) is 0 Å². The molecule has 0 aromatic heterocycles. The van der Waals surface area contributed by atoms with Gasteiger partial charge in [-0.2, -0.15) is 0 Å². The first kappa shape index (κ1) is 48.8. The monoisotopic (exact) mass is 969 g/mol. The Bertz CT molecular complexity index is 2870. The number of carbonyl (C=O) groups is 4. The minimum absolute atomic E-state index is 0.0431. The summed E-state index contributed by atoms with van der Waals surface area (Å²) >= 11 is 1.41. The van der Waals surface area contributed by atoms with Crippen LogP contribution in [-0.4, -0.2) is 64.9 Å². The number of carboxylic acid groups (broad SMARTS) is 1. The maximum atomic E-state index is 15.4. The van der Waals surface area contributed by atoms with Gasteiger partial charge in [0.2, 0.25) is 11.8 Å². The summed E-state index contributed by atoms with van der Waals surface area (Å²) in [7, 11) is 0. The number of hydrogen-bond acceptors (Lipinski definition) is 6. The third-order valence-electron chi connectivity index (χ3n) is 13.6. The van der Waals surface area contributed by atoms with Crippen LogP contribution in [0.2, 0.25) is 0 Å². The minimum atomic E-state index is -1.55. The molecule has 0 unspecified atom stereocenters. The van der Waals surface area contributed by atoms with E-state index in [9.17, 15) is 14.7 Å². The number of ether oxygens (including phenoxy) is 1. The highest BCUT2D eigenvalue weighted by molar-refractivity contribution is 8.00. The van der Waals surface area contributed by atoms with Gasteiger partial charge in [0.1, 0.15) is 24.2 Å². The molecule has 8 aromatic rings. The summed E-state index contributed by atoms with van der Waals surface area (Å²) in [6.45, 7) is 1.61. The number of benzene rings is 8. The molecule has 9 rings (SSSR count). The summed E-state index contributed by atoms with van der Waals surface area (Å²) in [6, 6.07) is 71.5. The van der Waals surface area contributed by atoms with Crippen molar-refractivity contribution < 1.29 is 29.0 Å². The van der Waals surface area contributed by atoms with Gasteiger partial charge >= 0.3 is 12.1 Å². The van der Waals surface area contributed by atoms with Crippen LogP contribution in [0, 0.1) is 0 Å². The largest absolute Gasteiger partial charge is 0.480 e. The fourth-order valence-corrected chi connectivity index (χ4v) is 11.8. The molecule has 0 fully saturated rings. The van der Waals surface area contributed by atoms with E-state index in [1.165, 1.54) is 16.7 Å². The summed E-state index contributed by atoms with van der Waals surface area (Å²) in [5.41, 5.74) is 7.96. The molecule has 0 aliphatic heterocycles. The lowest BCUT2D eigenvalue weighted by Gasteiger charge is -2.38. The summed E-state index contributed by atoms with van der Waals surface area (Å²) in [5.74, 6) is -2.89. The van der Waals surface area contributed by atoms with E-state index >= 15 is 9.59 Å². The lowest BCUT2D eigenvalue weighted by molar-refractivity contribution is -0.150. The van der Waals surface area contributed by atoms with E-state index in [0.717, 1.165) is 55.6 Å². The van der Waals surface area contributed by atoms with E-state index in [1.807, 2.05) is 231 Å². The Morgan fingerprint density at radius 2 is 0.931 bits per heavy atom. The maximum absolute atomic E-state index is 15.4. The van der Waals surface area contributed by atoms with Crippen LogP contribution in [0.1, 0.15) is 63.8 Å². The molecular weight excluding hydrogens is 915 g/mol. The number of aliphatic carboxylic acids is 1. The molecule has 0 bridgehead atoms. The predicted molar refractivity (Wildman–Crippen MR) is 284 cm³/mol. The van der Waals surface area contributed by atoms with Gasteiger partial charge in [-0.25, -0.2) is 9.59 Å². The Kier molecular flexibility index (Phi) is 15.1. The van der Waals surface area contributed by atoms with Gasteiger partial charge in [-0.1, -0.05) is 231 Å². The van der Waals surface area contributed by atoms with Gasteiger partial charge in [-0.15, -0.1) is 11.8 Å². The van der Waals surface area contributed by atoms with E-state index in [2.05, 4.69) is 10.6 Å². The van der Waals surface area contributed by atoms with Crippen LogP contribution in [0.5, 0.6) is 0 Å². The Morgan fingerprint density at radius 3 is 1.32 bits per heavy atom. The van der Waals surface area contributed by atoms with Gasteiger partial charge in [0, 0.05) is 18.2 Å². The first-order valence-electron chi connectivity index (χ1n) is 24.2. The number of fused-ring (bicyclic) bond motifs is 3. The summed E-state index contributed by atoms with van der Waals surface area (Å²) in [4.78, 5) is 59.7. The van der Waals surface area contributed by atoms with E-state index in [1.54, 1.807) is 6.92 Å². The fourth-order valence-electron chi connectivity index (χ4n) is 10.2. The fraction of sp³-hybridized carbons (Fsp3) is 0.161. The van der Waals surface area contributed by atoms with E-state index < -0.39 is 52.7 Å². The summed E-state index contributed by atoms with van der Waals surface area (Å²) in [6.07, 6.45) is -1.47. The molecule has 3 amide bonds. The average Bonchev–Trinajstić information content (AvgIpc) is 3.76. The molecule has 8 aromatic carbocycles. The van der Waals surface area contributed by atoms with E-state index in [-0.39, 0.29) is 24.8 Å². The van der Waals surface area contributed by atoms with Gasteiger partial charge in [0.05, 0.1) is 11.2 Å². The van der Waals surface area contributed by atoms with Crippen molar-refractivity contribution in [3.63, 3.8) is 0 Å². The van der Waals surface area contributed by atoms with Crippen LogP contribution in [0.15, 0.2) is 231 Å². The number of rotatable bonds is 19. The van der Waals surface area contributed by atoms with Crippen LogP contribution in [0.25, 0.3) is 11.1 Å². The number of hydrogen-bond donors (Lipinski definition) is 3. The molecule has 72 heavy (non-hydrogen) atoms. The number of carboxylic acids is 1. The van der Waals surface area contributed by atoms with Crippen molar-refractivity contribution in [3.8, 4) is 11.1 Å². The second-order valence-corrected chi connectivity index (χ2v) is 18.9. The first-order chi connectivity index (χ1) is 35.2. The molecule has 0 saturated carbocycles. The van der Waals surface area contributed by atoms with Crippen LogP contribution in [0.3, 0.4) is 0 Å². The van der Waals surface area contributed by atoms with Crippen LogP contribution < -0.4 is 10.6 Å². The van der Waals surface area contributed by atoms with Gasteiger partial charge in [-0.3, -0.25) is 9.59 Å². The smallest absolute Gasteiger partial charge is 0.407 e. The summed E-state index contributed by atoms with van der Waals surface area (Å²) in [5, 5.41) is 17.3. The number of nitrogens with one attached hydrogen (secondary N) is 2. The molecule has 2 atom stereocenters. The molecule has 9 nitrogen and oxygen atoms in total. The van der Waals surface area contributed by atoms with Crippen molar-refractivity contribution in [3.05, 3.63) is 275 Å². The normalized spacial score (nSPS) is 12.9. The average molecular weight is 970 g/mol. The SMILES string of the molecule is CCN(C(=O)[C@H](CC(=O)NC(c1ccccc1)(c1ccccc1)c1ccccc1)NC(=O)OCC1c2ccccc2-c2ccccc21)[C@@H](CSC(c1ccccc1)(c1ccccc1)c1ccccc1)C(=O)O. The second-order valence-electron chi connectivity index (χ2n) is 17.7. The number of carbonyl (C=O) groups excluding carboxylic acids is 3. The third kappa shape index (κ3) is 9.91. The van der Waals surface area contributed by atoms with Gasteiger partial charge in [-0.05, 0) is 62.6 Å². The Hall–Kier alpha value is -8.21. The van der Waals surface area contributed by atoms with Crippen LogP contribution >= 0.6 is 11.8 Å². The highest BCUT2D eigenvalue weighted by Crippen LogP contribution is 2.49. The molecule has 10 heteroatoms. The number of alkyl carbamates (subject to hydrolysis) is 1. The van der Waals surface area contributed by atoms with Crippen LogP contribution in [-0.2, 0) is 29.4 Å². The second kappa shape index (κ2) is 22.3. The molecule has 0 spiro atoms. The number of likely N-dealkylation sites (N-methyl/N-ethyl adjacent to an activating group) is 1. The Morgan fingerprint density at radius 1 is 0.556 bits per heavy atom. The van der Waals surface area contributed by atoms with E-state index in [4.69, 9.17) is 4.74 Å². The van der Waals surface area contributed by atoms with Crippen molar-refractivity contribution in [1.29, 1.82) is 0 Å². The van der Waals surface area contributed by atoms with Crippen LogP contribution in [0.4, 0.5) is 4.79 Å². The molecule has 360 valence electrons. The lowest BCUT2D eigenvalue weighted by Crippen LogP contribution is -2.57. The van der Waals surface area contributed by atoms with Gasteiger partial charge in [0.25, 0.3) is 0 Å². The Labute approximate surface area is 424 Å². The number of thioether (sulfide) groups is 1. The maximum Gasteiger partial charge on any atom is 0.407 e. The Balaban J connectivity index is 1.06. The van der Waals surface area contributed by atoms with Crippen molar-refractivity contribution in [1.82, 2.24) is 15.5 Å². The summed E-state index contributed by atoms with van der Waals surface area (Å²) < 4.78 is 5.10. The molecule has 0 radical (unpaired) electrons. The minimum Gasteiger partial charge on any atom is -0.480 e. The van der Waals surface area contributed by atoms with Gasteiger partial charge < -0.3 is 25.4 Å². The quantitative estimate of drug-likeness (QED) is 0.0689. The number of nitrogens with zero attached hydrogens (tertiary/aromatic N) is 1. The predicted octanol–water partition coefficient (Wildman–Crippen LogP) is 11.4. The topological polar surface area (TPSA) is 125 Å². The van der Waals surface area contributed by atoms with Crippen molar-refractivity contribution >= 4 is 35.6 Å². The zero-order valence-corrected chi connectivity index (χ0v) is 40.7. The molecular formula is C62H55N3O6S. The molecule has 1 aliphatic rings. The highest BCUT2D eigenvalue weighted by Gasteiger charge is 2.43. The van der Waals surface area contributed by atoms with Crippen molar-refractivity contribution in [2.45, 2.75) is 41.6 Å². The standard InChI is InChI=1S/C62H55N3O6S/c1-2-65(56(59(68)69)43-72-62(47-31-15-6-16-32-47,48-33-17-7-18-34-48)49-35-19-8-20-36-49)58(67)55(63-60(70)71-42-54-52-39-23-21-37-50(52)51-38-22-24-40-53(51)54)41-57(66)64-61(44-25-9-3-10-26-44,45-27-11-4-12-28-45)46-29-13-5-14-30-46/h3-40,54-56H,2,41-43H2,1H3,(H,63,70)(H,64,66)(H,68,69)/t55-,56-/m0/s1. The third-order valence-corrected chi connectivity index (χ3v) is 15.2. The number of amides is 3. The molecule has 1 aliphatic carbocycles. The first-order valence-corrected chi connectivity index (χ1v) is 25.2.